The molecule has 1 fully saturated rings. The zero-order valence-corrected chi connectivity index (χ0v) is 12.5. The van der Waals surface area contributed by atoms with Gasteiger partial charge < -0.3 is 25.7 Å². The van der Waals surface area contributed by atoms with Gasteiger partial charge in [-0.3, -0.25) is 4.79 Å². The highest BCUT2D eigenvalue weighted by Gasteiger charge is 2.69. The van der Waals surface area contributed by atoms with Crippen molar-refractivity contribution in [1.29, 1.82) is 0 Å². The molecule has 0 aromatic rings. The third-order valence-electron chi connectivity index (χ3n) is 5.01. The molecule has 0 aromatic heterocycles. The van der Waals surface area contributed by atoms with Gasteiger partial charge in [0.25, 0.3) is 0 Å². The zero-order chi connectivity index (χ0) is 16.5. The first-order valence-electron chi connectivity index (χ1n) is 7.52. The summed E-state index contributed by atoms with van der Waals surface area (Å²) in [5.74, 6) is -3.68. The second-order valence-electron chi connectivity index (χ2n) is 6.28. The molecular formula is C15H23NO6. The summed E-state index contributed by atoms with van der Waals surface area (Å²) < 4.78 is 0. The normalized spacial score (nSPS) is 39.5. The standard InChI is InChI=1S/C15H23NO6/c1-14(22)10(7-8-17)12(19)16-15(14,13(20)21)11(18)9-5-3-2-4-6-9/h3,5,9-11,17-18,22H,2,4,6-8H2,1H3,(H,16,19)(H,20,21)/t9-,10?,11+,14?,15?/m1/s1. The Labute approximate surface area is 128 Å². The monoisotopic (exact) mass is 313 g/mol. The Morgan fingerprint density at radius 3 is 2.73 bits per heavy atom. The van der Waals surface area contributed by atoms with Crippen LogP contribution in [0, 0.1) is 11.8 Å². The van der Waals surface area contributed by atoms with Gasteiger partial charge in [-0.15, -0.1) is 0 Å². The van der Waals surface area contributed by atoms with Crippen LogP contribution in [-0.2, 0) is 9.59 Å². The van der Waals surface area contributed by atoms with Crippen LogP contribution < -0.4 is 5.32 Å². The van der Waals surface area contributed by atoms with E-state index in [2.05, 4.69) is 5.32 Å². The van der Waals surface area contributed by atoms with Crippen LogP contribution >= 0.6 is 0 Å². The van der Waals surface area contributed by atoms with E-state index in [1.54, 1.807) is 6.08 Å². The van der Waals surface area contributed by atoms with Crippen molar-refractivity contribution in [3.8, 4) is 0 Å². The van der Waals surface area contributed by atoms with E-state index < -0.39 is 41.0 Å². The zero-order valence-electron chi connectivity index (χ0n) is 12.5. The van der Waals surface area contributed by atoms with Gasteiger partial charge >= 0.3 is 5.97 Å². The average molecular weight is 313 g/mol. The summed E-state index contributed by atoms with van der Waals surface area (Å²) in [4.78, 5) is 24.0. The van der Waals surface area contributed by atoms with Crippen LogP contribution in [0.15, 0.2) is 12.2 Å². The van der Waals surface area contributed by atoms with Gasteiger partial charge in [0.05, 0.1) is 12.0 Å². The number of carboxylic acid groups (broad SMARTS) is 1. The number of amides is 1. The molecule has 2 aliphatic rings. The Hall–Kier alpha value is -1.44. The molecule has 124 valence electrons. The maximum absolute atomic E-state index is 12.1. The van der Waals surface area contributed by atoms with Crippen LogP contribution in [0.5, 0.6) is 0 Å². The predicted molar refractivity (Wildman–Crippen MR) is 76.8 cm³/mol. The fourth-order valence-electron chi connectivity index (χ4n) is 3.67. The number of hydrogen-bond donors (Lipinski definition) is 5. The number of aliphatic hydroxyl groups is 3. The number of allylic oxidation sites excluding steroid dienone is 1. The van der Waals surface area contributed by atoms with E-state index in [9.17, 15) is 24.9 Å². The lowest BCUT2D eigenvalue weighted by Gasteiger charge is -2.43. The first-order chi connectivity index (χ1) is 10.3. The van der Waals surface area contributed by atoms with Crippen molar-refractivity contribution in [2.45, 2.75) is 49.9 Å². The maximum Gasteiger partial charge on any atom is 0.335 e. The van der Waals surface area contributed by atoms with E-state index in [1.165, 1.54) is 6.92 Å². The molecule has 1 heterocycles. The summed E-state index contributed by atoms with van der Waals surface area (Å²) in [6.07, 6.45) is 4.33. The smallest absolute Gasteiger partial charge is 0.335 e. The fraction of sp³-hybridized carbons (Fsp3) is 0.733. The average Bonchev–Trinajstić information content (AvgIpc) is 2.68. The van der Waals surface area contributed by atoms with Gasteiger partial charge in [-0.1, -0.05) is 12.2 Å². The molecule has 22 heavy (non-hydrogen) atoms. The fourth-order valence-corrected chi connectivity index (χ4v) is 3.67. The number of carbonyl (C=O) groups is 2. The molecule has 2 rings (SSSR count). The lowest BCUT2D eigenvalue weighted by Crippen LogP contribution is -2.70. The number of nitrogens with one attached hydrogen (secondary N) is 1. The number of rotatable bonds is 5. The van der Waals surface area contributed by atoms with E-state index in [-0.39, 0.29) is 13.0 Å². The molecule has 0 spiro atoms. The molecule has 3 unspecified atom stereocenters. The minimum absolute atomic E-state index is 0.0684. The molecule has 0 radical (unpaired) electrons. The van der Waals surface area contributed by atoms with Crippen molar-refractivity contribution in [1.82, 2.24) is 5.32 Å². The number of carbonyl (C=O) groups excluding carboxylic acids is 1. The molecule has 0 bridgehead atoms. The van der Waals surface area contributed by atoms with Gasteiger partial charge in [-0.05, 0) is 32.6 Å². The third-order valence-corrected chi connectivity index (χ3v) is 5.01. The lowest BCUT2D eigenvalue weighted by atomic mass is 9.68. The van der Waals surface area contributed by atoms with Crippen LogP contribution in [0.3, 0.4) is 0 Å². The molecule has 5 atom stereocenters. The van der Waals surface area contributed by atoms with Crippen LogP contribution in [-0.4, -0.2) is 56.2 Å². The van der Waals surface area contributed by atoms with E-state index in [0.29, 0.717) is 6.42 Å². The highest BCUT2D eigenvalue weighted by molar-refractivity contribution is 5.95. The van der Waals surface area contributed by atoms with Gasteiger partial charge in [0.15, 0.2) is 5.54 Å². The van der Waals surface area contributed by atoms with E-state index >= 15 is 0 Å². The highest BCUT2D eigenvalue weighted by atomic mass is 16.4. The van der Waals surface area contributed by atoms with Gasteiger partial charge in [0.1, 0.15) is 5.60 Å². The van der Waals surface area contributed by atoms with Gasteiger partial charge in [-0.2, -0.15) is 0 Å². The van der Waals surface area contributed by atoms with Crippen LogP contribution in [0.2, 0.25) is 0 Å². The molecule has 0 saturated carbocycles. The minimum atomic E-state index is -2.18. The molecule has 1 aliphatic heterocycles. The van der Waals surface area contributed by atoms with Crippen molar-refractivity contribution in [3.63, 3.8) is 0 Å². The van der Waals surface area contributed by atoms with Crippen molar-refractivity contribution in [3.05, 3.63) is 12.2 Å². The predicted octanol–water partition coefficient (Wildman–Crippen LogP) is -0.594. The Balaban J connectivity index is 2.44. The number of aliphatic carboxylic acids is 1. The molecule has 1 amide bonds. The van der Waals surface area contributed by atoms with Crippen LogP contribution in [0.25, 0.3) is 0 Å². The van der Waals surface area contributed by atoms with Crippen molar-refractivity contribution >= 4 is 11.9 Å². The second kappa shape index (κ2) is 5.98. The van der Waals surface area contributed by atoms with Gasteiger partial charge in [-0.25, -0.2) is 4.79 Å². The molecule has 7 heteroatoms. The van der Waals surface area contributed by atoms with Crippen molar-refractivity contribution < 1.29 is 30.0 Å². The number of carboxylic acids is 1. The highest BCUT2D eigenvalue weighted by Crippen LogP contribution is 2.43. The Morgan fingerprint density at radius 1 is 1.55 bits per heavy atom. The summed E-state index contributed by atoms with van der Waals surface area (Å²) >= 11 is 0. The number of hydrogen-bond acceptors (Lipinski definition) is 5. The Kier molecular flexibility index (Phi) is 4.60. The van der Waals surface area contributed by atoms with E-state index in [0.717, 1.165) is 12.8 Å². The first-order valence-corrected chi connectivity index (χ1v) is 7.52. The topological polar surface area (TPSA) is 127 Å². The Bertz CT molecular complexity index is 488. The third kappa shape index (κ3) is 2.33. The van der Waals surface area contributed by atoms with Crippen LogP contribution in [0.4, 0.5) is 0 Å². The minimum Gasteiger partial charge on any atom is -0.479 e. The SMILES string of the molecule is CC1(O)C(CCO)C(=O)NC1(C(=O)O)[C@@H](O)[C@@H]1C=CCCC1. The maximum atomic E-state index is 12.1. The largest absolute Gasteiger partial charge is 0.479 e. The quantitative estimate of drug-likeness (QED) is 0.432. The summed E-state index contributed by atoms with van der Waals surface area (Å²) in [7, 11) is 0. The van der Waals surface area contributed by atoms with Crippen molar-refractivity contribution in [2.24, 2.45) is 11.8 Å². The van der Waals surface area contributed by atoms with Crippen molar-refractivity contribution in [2.75, 3.05) is 6.61 Å². The van der Waals surface area contributed by atoms with E-state index in [4.69, 9.17) is 5.11 Å². The molecular weight excluding hydrogens is 290 g/mol. The molecule has 1 saturated heterocycles. The van der Waals surface area contributed by atoms with Gasteiger partial charge in [0.2, 0.25) is 5.91 Å². The summed E-state index contributed by atoms with van der Waals surface area (Å²) in [5.41, 5.74) is -4.19. The van der Waals surface area contributed by atoms with E-state index in [1.807, 2.05) is 6.08 Å². The summed E-state index contributed by atoms with van der Waals surface area (Å²) in [5, 5.41) is 42.5. The second-order valence-corrected chi connectivity index (χ2v) is 6.28. The molecule has 1 aliphatic carbocycles. The molecule has 0 aromatic carbocycles. The molecule has 5 N–H and O–H groups in total. The summed E-state index contributed by atoms with van der Waals surface area (Å²) in [6, 6.07) is 0. The molecule has 7 nitrogen and oxygen atoms in total. The lowest BCUT2D eigenvalue weighted by molar-refractivity contribution is -0.170. The first kappa shape index (κ1) is 16.9. The van der Waals surface area contributed by atoms with Crippen LogP contribution in [0.1, 0.15) is 32.6 Å². The number of aliphatic hydroxyl groups excluding tert-OH is 2. The van der Waals surface area contributed by atoms with Gasteiger partial charge in [0, 0.05) is 12.5 Å². The summed E-state index contributed by atoms with van der Waals surface area (Å²) in [6.45, 7) is 0.873. The Morgan fingerprint density at radius 2 is 2.23 bits per heavy atom.